The first-order chi connectivity index (χ1) is 44.1. The number of aromatic nitrogens is 2. The molecule has 0 unspecified atom stereocenters. The molecule has 2 aliphatic heterocycles. The molecule has 0 bridgehead atoms. The number of benzene rings is 4. The molecule has 6 aromatic rings. The van der Waals surface area contributed by atoms with Crippen LogP contribution in [0, 0.1) is 13.8 Å². The Morgan fingerprint density at radius 1 is 0.348 bits per heavy atom. The van der Waals surface area contributed by atoms with Crippen molar-refractivity contribution in [2.24, 2.45) is 0 Å². The third-order valence-corrected chi connectivity index (χ3v) is 22.6. The molecular formula is C82H116B2Br2N2O4. The van der Waals surface area contributed by atoms with Crippen molar-refractivity contribution in [2.75, 3.05) is 0 Å². The third kappa shape index (κ3) is 18.0. The average molecular weight is 1380 g/mol. The Labute approximate surface area is 577 Å². The zero-order valence-corrected chi connectivity index (χ0v) is 62.8. The van der Waals surface area contributed by atoms with E-state index in [1.807, 2.05) is 18.3 Å². The smallest absolute Gasteiger partial charge is 0.399 e. The zero-order valence-electron chi connectivity index (χ0n) is 59.6. The number of fused-ring (bicyclic) bond motifs is 6. The van der Waals surface area contributed by atoms with Gasteiger partial charge < -0.3 is 18.6 Å². The van der Waals surface area contributed by atoms with Gasteiger partial charge in [0.2, 0.25) is 0 Å². The molecule has 0 atom stereocenters. The Bertz CT molecular complexity index is 3090. The van der Waals surface area contributed by atoms with Crippen LogP contribution in [-0.2, 0) is 29.4 Å². The minimum Gasteiger partial charge on any atom is -0.399 e. The van der Waals surface area contributed by atoms with Crippen LogP contribution in [0.1, 0.15) is 296 Å². The number of halogens is 2. The van der Waals surface area contributed by atoms with Gasteiger partial charge in [-0.05, 0) is 212 Å². The topological polar surface area (TPSA) is 62.7 Å². The minimum atomic E-state index is -0.370. The summed E-state index contributed by atoms with van der Waals surface area (Å²) < 4.78 is 28.3. The van der Waals surface area contributed by atoms with Gasteiger partial charge in [-0.25, -0.2) is 4.98 Å². The summed E-state index contributed by atoms with van der Waals surface area (Å²) in [7, 11) is -0.731. The van der Waals surface area contributed by atoms with Gasteiger partial charge in [0.15, 0.2) is 0 Å². The first kappa shape index (κ1) is 73.9. The van der Waals surface area contributed by atoms with Crippen molar-refractivity contribution >= 4 is 57.0 Å². The lowest BCUT2D eigenvalue weighted by Crippen LogP contribution is -2.41. The van der Waals surface area contributed by atoms with Crippen molar-refractivity contribution in [3.8, 4) is 33.5 Å². The molecule has 0 radical (unpaired) electrons. The highest BCUT2D eigenvalue weighted by molar-refractivity contribution is 9.11. The summed E-state index contributed by atoms with van der Waals surface area (Å²) in [4.78, 5) is 8.74. The molecule has 4 aliphatic rings. The highest BCUT2D eigenvalue weighted by atomic mass is 79.9. The molecule has 0 spiro atoms. The molecule has 2 fully saturated rings. The summed E-state index contributed by atoms with van der Waals surface area (Å²) in [5, 5.41) is 0. The number of hydrogen-bond donors (Lipinski definition) is 0. The van der Waals surface area contributed by atoms with E-state index < -0.39 is 0 Å². The minimum absolute atomic E-state index is 0.0561. The number of pyridine rings is 2. The van der Waals surface area contributed by atoms with Crippen molar-refractivity contribution in [2.45, 2.75) is 310 Å². The maximum Gasteiger partial charge on any atom is 0.494 e. The van der Waals surface area contributed by atoms with Gasteiger partial charge in [0.05, 0.1) is 28.1 Å². The van der Waals surface area contributed by atoms with Crippen LogP contribution in [0.5, 0.6) is 0 Å². The predicted molar refractivity (Wildman–Crippen MR) is 401 cm³/mol. The predicted octanol–water partition coefficient (Wildman–Crippen LogP) is 23.8. The molecule has 0 saturated carbocycles. The van der Waals surface area contributed by atoms with Gasteiger partial charge in [-0.3, -0.25) is 4.98 Å². The highest BCUT2D eigenvalue weighted by Crippen LogP contribution is 2.57. The molecule has 2 aliphatic carbocycles. The van der Waals surface area contributed by atoms with Crippen LogP contribution in [0.25, 0.3) is 33.5 Å². The monoisotopic (exact) mass is 1370 g/mol. The Morgan fingerprint density at radius 3 is 1.05 bits per heavy atom. The molecule has 0 amide bonds. The van der Waals surface area contributed by atoms with Crippen LogP contribution in [-0.4, -0.2) is 46.6 Å². The summed E-state index contributed by atoms with van der Waals surface area (Å²) in [5.74, 6) is 0. The second kappa shape index (κ2) is 33.9. The van der Waals surface area contributed by atoms with E-state index >= 15 is 0 Å². The molecule has 2 aromatic heterocycles. The lowest BCUT2D eigenvalue weighted by Gasteiger charge is -2.33. The molecule has 4 aromatic carbocycles. The normalized spacial score (nSPS) is 17.1. The Kier molecular flexibility index (Phi) is 27.2. The largest absolute Gasteiger partial charge is 0.494 e. The molecule has 4 heterocycles. The average Bonchev–Trinajstić information content (AvgIpc) is 1.57. The van der Waals surface area contributed by atoms with E-state index in [-0.39, 0.29) is 47.5 Å². The third-order valence-electron chi connectivity index (χ3n) is 21.7. The summed E-state index contributed by atoms with van der Waals surface area (Å²) in [6, 6.07) is 36.7. The summed E-state index contributed by atoms with van der Waals surface area (Å²) in [6.07, 6.45) is 40.5. The van der Waals surface area contributed by atoms with Gasteiger partial charge >= 0.3 is 14.2 Å². The molecule has 2 saturated heterocycles. The van der Waals surface area contributed by atoms with Gasteiger partial charge in [-0.15, -0.1) is 0 Å². The Balaban J connectivity index is 0.000000215. The summed E-state index contributed by atoms with van der Waals surface area (Å²) >= 11 is 6.48. The Hall–Kier alpha value is -3.89. The lowest BCUT2D eigenvalue weighted by atomic mass is 9.67. The van der Waals surface area contributed by atoms with Crippen molar-refractivity contribution in [1.82, 2.24) is 9.97 Å². The van der Waals surface area contributed by atoms with E-state index in [4.69, 9.17) is 23.6 Å². The molecule has 498 valence electrons. The van der Waals surface area contributed by atoms with Gasteiger partial charge in [0, 0.05) is 33.3 Å². The van der Waals surface area contributed by atoms with E-state index in [1.165, 1.54) is 217 Å². The van der Waals surface area contributed by atoms with E-state index in [0.29, 0.717) is 0 Å². The molecule has 10 rings (SSSR count). The zero-order chi connectivity index (χ0) is 66.2. The molecular weight excluding hydrogens is 1260 g/mol. The fraction of sp³-hybridized carbons (Fsp3) is 0.585. The van der Waals surface area contributed by atoms with E-state index in [2.05, 4.69) is 219 Å². The number of hydrogen-bond acceptors (Lipinski definition) is 6. The van der Waals surface area contributed by atoms with Crippen LogP contribution < -0.4 is 10.9 Å². The number of nitrogens with zero attached hydrogens (tertiary/aromatic N) is 2. The van der Waals surface area contributed by atoms with Crippen LogP contribution in [0.4, 0.5) is 0 Å². The fourth-order valence-corrected chi connectivity index (χ4v) is 15.2. The van der Waals surface area contributed by atoms with Gasteiger partial charge in [-0.2, -0.15) is 0 Å². The van der Waals surface area contributed by atoms with Crippen molar-refractivity contribution in [3.05, 3.63) is 152 Å². The summed E-state index contributed by atoms with van der Waals surface area (Å²) in [6.45, 7) is 30.8. The molecule has 0 N–H and O–H groups in total. The van der Waals surface area contributed by atoms with Crippen molar-refractivity contribution in [1.29, 1.82) is 0 Å². The summed E-state index contributed by atoms with van der Waals surface area (Å²) in [5.41, 5.74) is 17.6. The molecule has 92 heavy (non-hydrogen) atoms. The quantitative estimate of drug-likeness (QED) is 0.0246. The van der Waals surface area contributed by atoms with Gasteiger partial charge in [0.1, 0.15) is 4.60 Å². The first-order valence-electron chi connectivity index (χ1n) is 36.5. The van der Waals surface area contributed by atoms with Crippen LogP contribution in [0.15, 0.2) is 119 Å². The molecule has 6 nitrogen and oxygen atoms in total. The van der Waals surface area contributed by atoms with Gasteiger partial charge in [-0.1, -0.05) is 260 Å². The van der Waals surface area contributed by atoms with E-state index in [0.717, 1.165) is 38.5 Å². The number of unbranched alkanes of at least 4 members (excludes halogenated alkanes) is 20. The van der Waals surface area contributed by atoms with Crippen LogP contribution >= 0.6 is 31.9 Å². The Morgan fingerprint density at radius 2 is 0.696 bits per heavy atom. The first-order valence-corrected chi connectivity index (χ1v) is 38.1. The van der Waals surface area contributed by atoms with Crippen LogP contribution in [0.2, 0.25) is 0 Å². The SMILES string of the molecule is Brc1ccc(Br)nc1.CCCCCCCCC1(CCCCCCCC)c2cc(B3OC(C)(C)C(C)(C)O3)ccc2-c2ccc(B3OC(C)(C)C(C)(C)O3)cc21.CCCCCCCCC1(CCCCCCCC)c2cc(C)ccc2-c2ccc(-c3ccc(C)cn3)cc21. The van der Waals surface area contributed by atoms with E-state index in [1.54, 1.807) is 17.3 Å². The van der Waals surface area contributed by atoms with Crippen molar-refractivity contribution < 1.29 is 18.6 Å². The second-order valence-corrected chi connectivity index (χ2v) is 31.6. The van der Waals surface area contributed by atoms with Crippen molar-refractivity contribution in [3.63, 3.8) is 0 Å². The number of aryl methyl sites for hydroxylation is 2. The van der Waals surface area contributed by atoms with E-state index in [9.17, 15) is 0 Å². The maximum atomic E-state index is 6.60. The maximum absolute atomic E-state index is 6.60. The highest BCUT2D eigenvalue weighted by Gasteiger charge is 2.54. The van der Waals surface area contributed by atoms with Gasteiger partial charge in [0.25, 0.3) is 0 Å². The second-order valence-electron chi connectivity index (χ2n) is 29.9. The fourth-order valence-electron chi connectivity index (χ4n) is 14.7. The number of rotatable bonds is 31. The standard InChI is InChI=1S/C41H64B2O4.C36H49N.C5H3Br2N/c1-11-13-15-17-19-21-27-41(28-22-20-18-16-14-12-2)35-29-31(42-44-37(3,4)38(5,6)45-42)23-25-33(35)34-26-24-32(30-36(34)41)43-46-39(7,8)40(9,10)47-43;1-5-7-9-11-13-15-23-36(24-16-14-12-10-8-6-2)33-25-28(3)17-20-31(33)32-21-19-30(26-34(32)36)35-22-18-29(4)27-37-35;6-4-1-2-5(7)8-3-4/h23-26,29-30H,11-22,27-28H2,1-10H3;17-22,25-27H,5-16,23-24H2,1-4H3;1-3H. The lowest BCUT2D eigenvalue weighted by molar-refractivity contribution is 0.00578. The van der Waals surface area contributed by atoms with Crippen LogP contribution in [0.3, 0.4) is 0 Å². The molecule has 10 heteroatoms.